The van der Waals surface area contributed by atoms with Crippen LogP contribution in [0.3, 0.4) is 0 Å². The second kappa shape index (κ2) is 9.69. The Bertz CT molecular complexity index is 1390. The molecule has 6 nitrogen and oxygen atoms in total. The molecule has 6 rings (SSSR count). The predicted molar refractivity (Wildman–Crippen MR) is 141 cm³/mol. The van der Waals surface area contributed by atoms with Gasteiger partial charge in [-0.1, -0.05) is 48.0 Å². The van der Waals surface area contributed by atoms with Crippen LogP contribution in [0.15, 0.2) is 73.1 Å². The zero-order valence-electron chi connectivity index (χ0n) is 20.2. The zero-order chi connectivity index (χ0) is 24.6. The summed E-state index contributed by atoms with van der Waals surface area (Å²) >= 11 is 6.44. The van der Waals surface area contributed by atoms with E-state index in [1.165, 1.54) is 23.8 Å². The van der Waals surface area contributed by atoms with Gasteiger partial charge in [-0.2, -0.15) is 0 Å². The Labute approximate surface area is 215 Å². The van der Waals surface area contributed by atoms with Gasteiger partial charge in [0, 0.05) is 59.1 Å². The first-order valence-corrected chi connectivity index (χ1v) is 12.8. The number of fused-ring (bicyclic) bond motifs is 5. The van der Waals surface area contributed by atoms with Gasteiger partial charge in [0.25, 0.3) is 0 Å². The highest BCUT2D eigenvalue weighted by atomic mass is 35.5. The normalized spacial score (nSPS) is 23.7. The smallest absolute Gasteiger partial charge is 0.323 e. The molecule has 4 heterocycles. The minimum atomic E-state index is -0.366. The van der Waals surface area contributed by atoms with Gasteiger partial charge in [0.2, 0.25) is 0 Å². The third-order valence-electron chi connectivity index (χ3n) is 7.70. The second-order valence-electron chi connectivity index (χ2n) is 9.75. The first-order chi connectivity index (χ1) is 17.6. The number of rotatable bonds is 5. The lowest BCUT2D eigenvalue weighted by Gasteiger charge is -2.50. The van der Waals surface area contributed by atoms with Gasteiger partial charge in [-0.25, -0.2) is 0 Å². The van der Waals surface area contributed by atoms with Gasteiger partial charge < -0.3 is 15.0 Å². The zero-order valence-corrected chi connectivity index (χ0v) is 20.9. The van der Waals surface area contributed by atoms with Crippen molar-refractivity contribution in [1.29, 1.82) is 0 Å². The number of aromatic amines is 1. The number of hydrogen-bond acceptors (Lipinski definition) is 5. The number of nitrogens with zero attached hydrogens (tertiary/aromatic N) is 2. The van der Waals surface area contributed by atoms with Crippen molar-refractivity contribution in [2.75, 3.05) is 7.11 Å². The molecule has 4 atom stereocenters. The number of ether oxygens (including phenoxy) is 1. The molecule has 7 heteroatoms. The van der Waals surface area contributed by atoms with Crippen molar-refractivity contribution >= 4 is 28.5 Å². The molecule has 1 fully saturated rings. The van der Waals surface area contributed by atoms with Crippen molar-refractivity contribution in [2.24, 2.45) is 0 Å². The van der Waals surface area contributed by atoms with Gasteiger partial charge >= 0.3 is 5.97 Å². The van der Waals surface area contributed by atoms with E-state index in [1.54, 1.807) is 6.20 Å². The summed E-state index contributed by atoms with van der Waals surface area (Å²) in [5.74, 6) is -0.190. The Morgan fingerprint density at radius 2 is 2.00 bits per heavy atom. The molecule has 36 heavy (non-hydrogen) atoms. The maximum atomic E-state index is 13.2. The number of methoxy groups -OCH3 is 1. The molecule has 0 spiro atoms. The maximum absolute atomic E-state index is 13.2. The fraction of sp³-hybridized carbons (Fsp3) is 0.310. The second-order valence-corrected chi connectivity index (χ2v) is 10.2. The minimum absolute atomic E-state index is 0.0116. The Morgan fingerprint density at radius 3 is 2.81 bits per heavy atom. The fourth-order valence-electron chi connectivity index (χ4n) is 6.12. The molecule has 0 saturated carbocycles. The molecule has 184 valence electrons. The van der Waals surface area contributed by atoms with Crippen molar-refractivity contribution < 1.29 is 9.53 Å². The number of carbonyl (C=O) groups excluding carboxylic acids is 1. The fourth-order valence-corrected chi connectivity index (χ4v) is 6.31. The molecule has 4 aromatic rings. The molecule has 0 amide bonds. The number of carbonyl (C=O) groups is 1. The molecule has 2 N–H and O–H groups in total. The Kier molecular flexibility index (Phi) is 6.25. The highest BCUT2D eigenvalue weighted by molar-refractivity contribution is 6.30. The van der Waals surface area contributed by atoms with E-state index in [9.17, 15) is 4.79 Å². The van der Waals surface area contributed by atoms with Crippen LogP contribution in [0.4, 0.5) is 0 Å². The number of nitrogens with one attached hydrogen (secondary N) is 2. The third kappa shape index (κ3) is 4.19. The van der Waals surface area contributed by atoms with Crippen molar-refractivity contribution in [3.05, 3.63) is 100 Å². The average molecular weight is 501 g/mol. The SMILES string of the molecule is COC(=O)[C@@H]1Cc2c([nH]c3ccccc23)[C@H]2C[C@@H](NCc3cccnc3)C[C@@H](c3cccc(Cl)c3)N21. The number of aromatic nitrogens is 2. The summed E-state index contributed by atoms with van der Waals surface area (Å²) in [7, 11) is 1.48. The van der Waals surface area contributed by atoms with E-state index < -0.39 is 0 Å². The number of hydrogen-bond donors (Lipinski definition) is 2. The van der Waals surface area contributed by atoms with Crippen LogP contribution < -0.4 is 5.32 Å². The minimum Gasteiger partial charge on any atom is -0.468 e. The maximum Gasteiger partial charge on any atom is 0.323 e. The number of esters is 1. The summed E-state index contributed by atoms with van der Waals surface area (Å²) in [5, 5.41) is 5.67. The summed E-state index contributed by atoms with van der Waals surface area (Å²) in [5.41, 5.74) is 5.81. The lowest BCUT2D eigenvalue weighted by atomic mass is 9.79. The number of piperidine rings is 1. The van der Waals surface area contributed by atoms with Crippen LogP contribution in [-0.2, 0) is 22.5 Å². The summed E-state index contributed by atoms with van der Waals surface area (Å²) in [6.07, 6.45) is 6.06. The van der Waals surface area contributed by atoms with Gasteiger partial charge in [-0.3, -0.25) is 14.7 Å². The van der Waals surface area contributed by atoms with E-state index in [-0.39, 0.29) is 30.1 Å². The van der Waals surface area contributed by atoms with Crippen LogP contribution in [0.25, 0.3) is 10.9 Å². The topological polar surface area (TPSA) is 70.2 Å². The summed E-state index contributed by atoms with van der Waals surface area (Å²) in [6.45, 7) is 0.744. The van der Waals surface area contributed by atoms with E-state index >= 15 is 0 Å². The highest BCUT2D eigenvalue weighted by Crippen LogP contribution is 2.49. The molecular weight excluding hydrogens is 472 g/mol. The van der Waals surface area contributed by atoms with Crippen LogP contribution >= 0.6 is 11.6 Å². The summed E-state index contributed by atoms with van der Waals surface area (Å²) < 4.78 is 5.34. The predicted octanol–water partition coefficient (Wildman–Crippen LogP) is 5.35. The van der Waals surface area contributed by atoms with Crippen LogP contribution in [-0.4, -0.2) is 40.0 Å². The molecule has 2 aromatic carbocycles. The lowest BCUT2D eigenvalue weighted by molar-refractivity contribution is -0.152. The first-order valence-electron chi connectivity index (χ1n) is 12.4. The standard InChI is InChI=1S/C29H29ClN4O2/c1-36-29(35)27-15-23-22-9-2-3-10-24(22)33-28(23)26-14-21(32-17-18-6-5-11-31-16-18)13-25(34(26)27)19-7-4-8-20(30)12-19/h2-12,16,21,25-27,32-33H,13-15,17H2,1H3/t21-,25-,26+,27-/m0/s1. The van der Waals surface area contributed by atoms with Gasteiger partial charge in [0.05, 0.1) is 13.2 Å². The molecule has 2 aromatic heterocycles. The number of halogens is 1. The van der Waals surface area contributed by atoms with Crippen LogP contribution in [0, 0.1) is 0 Å². The van der Waals surface area contributed by atoms with E-state index in [0.29, 0.717) is 11.4 Å². The highest BCUT2D eigenvalue weighted by Gasteiger charge is 2.48. The van der Waals surface area contributed by atoms with Crippen LogP contribution in [0.2, 0.25) is 5.02 Å². The molecule has 0 unspecified atom stereocenters. The molecule has 0 bridgehead atoms. The van der Waals surface area contributed by atoms with Gasteiger partial charge in [0.15, 0.2) is 0 Å². The Balaban J connectivity index is 1.43. The third-order valence-corrected chi connectivity index (χ3v) is 7.93. The van der Waals surface area contributed by atoms with Crippen molar-refractivity contribution in [1.82, 2.24) is 20.2 Å². The van der Waals surface area contributed by atoms with E-state index in [2.05, 4.69) is 50.5 Å². The van der Waals surface area contributed by atoms with Crippen molar-refractivity contribution in [3.63, 3.8) is 0 Å². The molecule has 2 aliphatic rings. The lowest BCUT2D eigenvalue weighted by Crippen LogP contribution is -2.55. The van der Waals surface area contributed by atoms with E-state index in [0.717, 1.165) is 36.0 Å². The van der Waals surface area contributed by atoms with Gasteiger partial charge in [0.1, 0.15) is 6.04 Å². The summed E-state index contributed by atoms with van der Waals surface area (Å²) in [4.78, 5) is 23.5. The quantitative estimate of drug-likeness (QED) is 0.361. The van der Waals surface area contributed by atoms with E-state index in [4.69, 9.17) is 16.3 Å². The van der Waals surface area contributed by atoms with Crippen LogP contribution in [0.1, 0.15) is 47.3 Å². The van der Waals surface area contributed by atoms with Gasteiger partial charge in [-0.15, -0.1) is 0 Å². The first kappa shape index (κ1) is 23.2. The molecular formula is C29H29ClN4O2. The largest absolute Gasteiger partial charge is 0.468 e. The summed E-state index contributed by atoms with van der Waals surface area (Å²) in [6, 6.07) is 20.4. The number of pyridine rings is 1. The monoisotopic (exact) mass is 500 g/mol. The Hall–Kier alpha value is -3.19. The van der Waals surface area contributed by atoms with Gasteiger partial charge in [-0.05, 0) is 53.8 Å². The van der Waals surface area contributed by atoms with E-state index in [1.807, 2.05) is 36.5 Å². The molecule has 1 saturated heterocycles. The molecule has 0 radical (unpaired) electrons. The van der Waals surface area contributed by atoms with Crippen molar-refractivity contribution in [3.8, 4) is 0 Å². The number of para-hydroxylation sites is 1. The number of benzene rings is 2. The number of H-pyrrole nitrogens is 1. The Morgan fingerprint density at radius 1 is 1.14 bits per heavy atom. The molecule has 0 aliphatic carbocycles. The average Bonchev–Trinajstić information content (AvgIpc) is 3.30. The molecule has 2 aliphatic heterocycles. The van der Waals surface area contributed by atoms with Crippen molar-refractivity contribution in [2.45, 2.75) is 50.0 Å². The van der Waals surface area contributed by atoms with Crippen LogP contribution in [0.5, 0.6) is 0 Å².